The molecule has 1 aromatic carbocycles. The van der Waals surface area contributed by atoms with Crippen molar-refractivity contribution in [3.63, 3.8) is 0 Å². The molecule has 2 amide bonds. The summed E-state index contributed by atoms with van der Waals surface area (Å²) in [6.07, 6.45) is 2.17. The second-order valence-corrected chi connectivity index (χ2v) is 9.23. The van der Waals surface area contributed by atoms with Crippen LogP contribution in [-0.4, -0.2) is 78.0 Å². The number of aliphatic hydroxyl groups is 1. The van der Waals surface area contributed by atoms with E-state index in [-0.39, 0.29) is 18.7 Å². The first-order valence-electron chi connectivity index (χ1n) is 12.2. The van der Waals surface area contributed by atoms with Crippen LogP contribution in [0.4, 0.5) is 22.2 Å². The van der Waals surface area contributed by atoms with Gasteiger partial charge in [0.2, 0.25) is 5.95 Å². The number of nitrogens with one attached hydrogen (secondary N) is 2. The second kappa shape index (κ2) is 11.0. The molecular weight excluding hydrogens is 432 g/mol. The lowest BCUT2D eigenvalue weighted by atomic mass is 10.0. The zero-order valence-corrected chi connectivity index (χ0v) is 20.4. The van der Waals surface area contributed by atoms with Gasteiger partial charge >= 0.3 is 6.03 Å². The minimum atomic E-state index is -0.174. The van der Waals surface area contributed by atoms with E-state index >= 15 is 0 Å². The fourth-order valence-electron chi connectivity index (χ4n) is 4.39. The molecule has 2 aromatic rings. The Hall–Kier alpha value is -2.91. The van der Waals surface area contributed by atoms with Gasteiger partial charge in [-0.2, -0.15) is 4.98 Å². The summed E-state index contributed by atoms with van der Waals surface area (Å²) in [5, 5.41) is 15.8. The number of hydrogen-bond donors (Lipinski definition) is 3. The number of ether oxygens (including phenoxy) is 1. The molecule has 3 N–H and O–H groups in total. The molecule has 0 bridgehead atoms. The van der Waals surface area contributed by atoms with Crippen LogP contribution in [0.5, 0.6) is 0 Å². The Morgan fingerprint density at radius 1 is 1.24 bits per heavy atom. The van der Waals surface area contributed by atoms with Gasteiger partial charge in [0.05, 0.1) is 25.5 Å². The van der Waals surface area contributed by atoms with Crippen LogP contribution < -0.4 is 15.5 Å². The maximum Gasteiger partial charge on any atom is 0.321 e. The molecule has 0 aliphatic carbocycles. The number of carbonyl (C=O) groups excluding carboxylic acids is 1. The van der Waals surface area contributed by atoms with E-state index < -0.39 is 0 Å². The number of aliphatic hydroxyl groups excluding tert-OH is 1. The minimum absolute atomic E-state index is 0.0175. The van der Waals surface area contributed by atoms with E-state index in [0.717, 1.165) is 67.3 Å². The van der Waals surface area contributed by atoms with Gasteiger partial charge in [0.25, 0.3) is 0 Å². The monoisotopic (exact) mass is 468 g/mol. The lowest BCUT2D eigenvalue weighted by Gasteiger charge is -2.28. The molecule has 2 fully saturated rings. The third kappa shape index (κ3) is 5.77. The number of morpholine rings is 1. The summed E-state index contributed by atoms with van der Waals surface area (Å²) in [5.74, 6) is 1.88. The van der Waals surface area contributed by atoms with Gasteiger partial charge in [-0.05, 0) is 43.9 Å². The molecule has 9 nitrogen and oxygen atoms in total. The van der Waals surface area contributed by atoms with E-state index in [1.807, 2.05) is 43.0 Å². The number of aromatic nitrogens is 2. The van der Waals surface area contributed by atoms with E-state index in [0.29, 0.717) is 25.1 Å². The number of nitrogens with zero attached hydrogens (tertiary/aromatic N) is 4. The van der Waals surface area contributed by atoms with Crippen LogP contribution in [0, 0.1) is 12.8 Å². The third-order valence-corrected chi connectivity index (χ3v) is 6.61. The van der Waals surface area contributed by atoms with E-state index in [2.05, 4.69) is 22.5 Å². The van der Waals surface area contributed by atoms with Crippen LogP contribution in [0.15, 0.2) is 24.3 Å². The molecule has 2 aliphatic rings. The fourth-order valence-corrected chi connectivity index (χ4v) is 4.39. The number of rotatable bonds is 7. The van der Waals surface area contributed by atoms with Crippen LogP contribution >= 0.6 is 0 Å². The molecule has 34 heavy (non-hydrogen) atoms. The zero-order chi connectivity index (χ0) is 24.1. The molecule has 1 aromatic heterocycles. The number of hydrogen-bond acceptors (Lipinski definition) is 7. The van der Waals surface area contributed by atoms with Crippen LogP contribution in [0.2, 0.25) is 0 Å². The van der Waals surface area contributed by atoms with E-state index in [4.69, 9.17) is 14.7 Å². The van der Waals surface area contributed by atoms with Gasteiger partial charge in [0.1, 0.15) is 5.82 Å². The third-order valence-electron chi connectivity index (χ3n) is 6.61. The van der Waals surface area contributed by atoms with Gasteiger partial charge in [-0.15, -0.1) is 0 Å². The molecule has 3 heterocycles. The normalized spacial score (nSPS) is 19.2. The number of aryl methyl sites for hydroxylation is 1. The molecule has 0 unspecified atom stereocenters. The van der Waals surface area contributed by atoms with E-state index in [1.165, 1.54) is 0 Å². The summed E-state index contributed by atoms with van der Waals surface area (Å²) in [6, 6.07) is 7.67. The SMILES string of the molecule is CC[C@@H]1CCN(C(=O)Nc2ccc(C)c(-c3cc(N4CCOCC4)nc(N[C@@H](C)CO)n3)c2)C1. The quantitative estimate of drug-likeness (QED) is 0.573. The van der Waals surface area contributed by atoms with Gasteiger partial charge in [-0.25, -0.2) is 9.78 Å². The average Bonchev–Trinajstić information content (AvgIpc) is 3.35. The smallest absolute Gasteiger partial charge is 0.321 e. The summed E-state index contributed by atoms with van der Waals surface area (Å²) < 4.78 is 5.50. The summed E-state index contributed by atoms with van der Waals surface area (Å²) in [4.78, 5) is 26.3. The van der Waals surface area contributed by atoms with Crippen molar-refractivity contribution in [1.29, 1.82) is 0 Å². The standard InChI is InChI=1S/C25H36N6O3/c1-4-19-7-8-31(15-19)25(33)27-20-6-5-17(2)21(13-20)22-14-23(30-9-11-34-12-10-30)29-24(28-22)26-18(3)16-32/h5-6,13-14,18-19,32H,4,7-12,15-16H2,1-3H3,(H,27,33)(H,26,28,29)/t18-,19+/m0/s1. The van der Waals surface area contributed by atoms with Gasteiger partial charge < -0.3 is 30.3 Å². The zero-order valence-electron chi connectivity index (χ0n) is 20.4. The van der Waals surface area contributed by atoms with Gasteiger partial charge in [-0.3, -0.25) is 0 Å². The van der Waals surface area contributed by atoms with Gasteiger partial charge in [-0.1, -0.05) is 19.4 Å². The van der Waals surface area contributed by atoms with Crippen molar-refractivity contribution in [3.05, 3.63) is 29.8 Å². The second-order valence-electron chi connectivity index (χ2n) is 9.23. The van der Waals surface area contributed by atoms with Crippen LogP contribution in [0.3, 0.4) is 0 Å². The fraction of sp³-hybridized carbons (Fsp3) is 0.560. The van der Waals surface area contributed by atoms with Crippen molar-refractivity contribution in [2.75, 3.05) is 61.5 Å². The Balaban J connectivity index is 1.61. The molecule has 0 spiro atoms. The Bertz CT molecular complexity index is 995. The first-order valence-corrected chi connectivity index (χ1v) is 12.2. The minimum Gasteiger partial charge on any atom is -0.394 e. The van der Waals surface area contributed by atoms with Crippen molar-refractivity contribution < 1.29 is 14.6 Å². The van der Waals surface area contributed by atoms with Crippen LogP contribution in [0.25, 0.3) is 11.3 Å². The molecule has 2 saturated heterocycles. The Labute approximate surface area is 201 Å². The predicted octanol–water partition coefficient (Wildman–Crippen LogP) is 3.35. The highest BCUT2D eigenvalue weighted by atomic mass is 16.5. The maximum absolute atomic E-state index is 12.8. The van der Waals surface area contributed by atoms with Crippen molar-refractivity contribution in [2.45, 2.75) is 39.7 Å². The molecule has 9 heteroatoms. The number of benzene rings is 1. The summed E-state index contributed by atoms with van der Waals surface area (Å²) in [5.41, 5.74) is 3.50. The maximum atomic E-state index is 12.8. The Morgan fingerprint density at radius 3 is 2.74 bits per heavy atom. The van der Waals surface area contributed by atoms with E-state index in [9.17, 15) is 9.90 Å². The van der Waals surface area contributed by atoms with Crippen LogP contribution in [-0.2, 0) is 4.74 Å². The Kier molecular flexibility index (Phi) is 7.84. The van der Waals surface area contributed by atoms with E-state index in [1.54, 1.807) is 0 Å². The highest BCUT2D eigenvalue weighted by Crippen LogP contribution is 2.30. The first-order chi connectivity index (χ1) is 16.5. The largest absolute Gasteiger partial charge is 0.394 e. The summed E-state index contributed by atoms with van der Waals surface area (Å²) in [7, 11) is 0. The molecular formula is C25H36N6O3. The topological polar surface area (TPSA) is 103 Å². The highest BCUT2D eigenvalue weighted by Gasteiger charge is 2.25. The molecule has 184 valence electrons. The van der Waals surface area contributed by atoms with Gasteiger partial charge in [0, 0.05) is 49.5 Å². The predicted molar refractivity (Wildman–Crippen MR) is 134 cm³/mol. The number of carbonyl (C=O) groups is 1. The molecule has 0 saturated carbocycles. The lowest BCUT2D eigenvalue weighted by Crippen LogP contribution is -2.37. The van der Waals surface area contributed by atoms with Crippen molar-refractivity contribution in [2.24, 2.45) is 5.92 Å². The van der Waals surface area contributed by atoms with Crippen LogP contribution in [0.1, 0.15) is 32.3 Å². The number of amides is 2. The summed E-state index contributed by atoms with van der Waals surface area (Å²) in [6.45, 7) is 10.5. The first kappa shape index (κ1) is 24.2. The molecule has 2 aliphatic heterocycles. The van der Waals surface area contributed by atoms with Crippen molar-refractivity contribution in [1.82, 2.24) is 14.9 Å². The Morgan fingerprint density at radius 2 is 2.03 bits per heavy atom. The number of urea groups is 1. The van der Waals surface area contributed by atoms with Gasteiger partial charge in [0.15, 0.2) is 0 Å². The van der Waals surface area contributed by atoms with Crippen molar-refractivity contribution in [3.8, 4) is 11.3 Å². The number of anilines is 3. The number of likely N-dealkylation sites (tertiary alicyclic amines) is 1. The molecule has 4 rings (SSSR count). The van der Waals surface area contributed by atoms with Crippen molar-refractivity contribution >= 4 is 23.5 Å². The molecule has 0 radical (unpaired) electrons. The molecule has 2 atom stereocenters. The average molecular weight is 469 g/mol. The summed E-state index contributed by atoms with van der Waals surface area (Å²) >= 11 is 0. The lowest BCUT2D eigenvalue weighted by molar-refractivity contribution is 0.122. The highest BCUT2D eigenvalue weighted by molar-refractivity contribution is 5.90.